The molecular weight excluding hydrogens is 646 g/mol. The molecule has 0 bridgehead atoms. The molecule has 2 N–H and O–H groups in total. The number of sulfonamides is 1. The Bertz CT molecular complexity index is 1720. The fourth-order valence-electron chi connectivity index (χ4n) is 7.63. The van der Waals surface area contributed by atoms with Gasteiger partial charge in [-0.05, 0) is 115 Å². The van der Waals surface area contributed by atoms with Crippen molar-refractivity contribution in [1.82, 2.24) is 24.1 Å². The molecule has 3 saturated heterocycles. The van der Waals surface area contributed by atoms with Crippen LogP contribution in [0.25, 0.3) is 0 Å². The van der Waals surface area contributed by atoms with Gasteiger partial charge in [0.05, 0.1) is 16.7 Å². The molecule has 1 amide bonds. The lowest BCUT2D eigenvalue weighted by Gasteiger charge is -2.54. The molecule has 49 heavy (non-hydrogen) atoms. The summed E-state index contributed by atoms with van der Waals surface area (Å²) in [6, 6.07) is 10.3. The van der Waals surface area contributed by atoms with Crippen LogP contribution in [0.5, 0.6) is 11.5 Å². The second kappa shape index (κ2) is 14.2. The van der Waals surface area contributed by atoms with E-state index in [0.717, 1.165) is 58.4 Å². The molecule has 6 rings (SSSR count). The number of nitrogen functional groups attached to an aromatic ring is 1. The first-order valence-electron chi connectivity index (χ1n) is 17.3. The molecule has 1 spiro atoms. The second-order valence-corrected chi connectivity index (χ2v) is 16.4. The van der Waals surface area contributed by atoms with E-state index >= 15 is 0 Å². The zero-order chi connectivity index (χ0) is 34.9. The van der Waals surface area contributed by atoms with Gasteiger partial charge >= 0.3 is 0 Å². The molecule has 13 heteroatoms. The zero-order valence-electron chi connectivity index (χ0n) is 28.9. The fourth-order valence-corrected chi connectivity index (χ4v) is 9.10. The summed E-state index contributed by atoms with van der Waals surface area (Å²) in [5.74, 6) is 1.04. The number of anilines is 2. The van der Waals surface area contributed by atoms with E-state index in [2.05, 4.69) is 19.8 Å². The van der Waals surface area contributed by atoms with Crippen molar-refractivity contribution >= 4 is 27.4 Å². The van der Waals surface area contributed by atoms with Gasteiger partial charge in [-0.2, -0.15) is 4.31 Å². The van der Waals surface area contributed by atoms with Gasteiger partial charge in [0.2, 0.25) is 10.0 Å². The van der Waals surface area contributed by atoms with Gasteiger partial charge in [-0.15, -0.1) is 0 Å². The molecule has 1 aromatic heterocycles. The van der Waals surface area contributed by atoms with Crippen molar-refractivity contribution in [3.8, 4) is 11.5 Å². The van der Waals surface area contributed by atoms with E-state index in [1.807, 2.05) is 27.7 Å². The van der Waals surface area contributed by atoms with Gasteiger partial charge in [0.25, 0.3) is 5.91 Å². The minimum Gasteiger partial charge on any atom is -0.451 e. The monoisotopic (exact) mass is 693 g/mol. The minimum atomic E-state index is -3.50. The third kappa shape index (κ3) is 7.53. The highest BCUT2D eigenvalue weighted by atomic mass is 32.2. The van der Waals surface area contributed by atoms with Crippen LogP contribution in [0.4, 0.5) is 15.9 Å². The number of carbonyl (C=O) groups excluding carboxylic acids is 1. The number of benzene rings is 2. The lowest BCUT2D eigenvalue weighted by molar-refractivity contribution is 0.0610. The topological polar surface area (TPSA) is 125 Å². The predicted molar refractivity (Wildman–Crippen MR) is 188 cm³/mol. The molecule has 3 aliphatic rings. The number of hydrogen-bond acceptors (Lipinski definition) is 9. The molecule has 11 nitrogen and oxygen atoms in total. The predicted octanol–water partition coefficient (Wildman–Crippen LogP) is 5.25. The van der Waals surface area contributed by atoms with Crippen molar-refractivity contribution in [2.75, 3.05) is 56.4 Å². The van der Waals surface area contributed by atoms with Gasteiger partial charge in [-0.3, -0.25) is 4.79 Å². The molecule has 0 atom stereocenters. The highest BCUT2D eigenvalue weighted by Crippen LogP contribution is 2.45. The summed E-state index contributed by atoms with van der Waals surface area (Å²) in [7, 11) is -3.50. The standard InChI is InChI=1S/C36H48FN7O4S/c1-25(2)44(26(3)4)35(45)31-19-28(37)5-10-32(31)48-33-20-39-24-40-34(33)42-22-36(23-42)13-17-41(18-14-36)21-27-11-15-43(16-12-27)49(46,47)30-8-6-29(38)7-9-30/h5-10,19-20,24-27H,11-18,21-23,38H2,1-4H3. The normalized spacial score (nSPS) is 19.0. The average Bonchev–Trinajstić information content (AvgIpc) is 3.05. The molecule has 2 aromatic carbocycles. The van der Waals surface area contributed by atoms with E-state index in [1.165, 1.54) is 24.5 Å². The number of amides is 1. The van der Waals surface area contributed by atoms with Gasteiger partial charge in [0.15, 0.2) is 11.6 Å². The van der Waals surface area contributed by atoms with Crippen LogP contribution in [0, 0.1) is 17.2 Å². The first kappa shape index (κ1) is 35.0. The van der Waals surface area contributed by atoms with E-state index in [4.69, 9.17) is 10.5 Å². The third-order valence-corrected chi connectivity index (χ3v) is 12.2. The van der Waals surface area contributed by atoms with Crippen molar-refractivity contribution < 1.29 is 22.3 Å². The highest BCUT2D eigenvalue weighted by molar-refractivity contribution is 7.89. The summed E-state index contributed by atoms with van der Waals surface area (Å²) in [4.78, 5) is 29.0. The molecule has 0 saturated carbocycles. The molecule has 3 aromatic rings. The van der Waals surface area contributed by atoms with Gasteiger partial charge in [0.1, 0.15) is 17.9 Å². The first-order chi connectivity index (χ1) is 23.3. The van der Waals surface area contributed by atoms with Crippen molar-refractivity contribution in [3.05, 3.63) is 66.4 Å². The second-order valence-electron chi connectivity index (χ2n) is 14.4. The number of nitrogens with zero attached hydrogens (tertiary/aromatic N) is 6. The molecular formula is C36H48FN7O4S. The first-order valence-corrected chi connectivity index (χ1v) is 18.7. The summed E-state index contributed by atoms with van der Waals surface area (Å²) in [5, 5.41) is 0. The van der Waals surface area contributed by atoms with E-state index in [1.54, 1.807) is 39.7 Å². The number of carbonyl (C=O) groups is 1. The Hall–Kier alpha value is -3.81. The van der Waals surface area contributed by atoms with E-state index in [9.17, 15) is 17.6 Å². The number of ether oxygens (including phenoxy) is 1. The van der Waals surface area contributed by atoms with Crippen molar-refractivity contribution in [2.45, 2.75) is 70.4 Å². The molecule has 0 aliphatic carbocycles. The molecule has 0 unspecified atom stereocenters. The Morgan fingerprint density at radius 2 is 1.65 bits per heavy atom. The van der Waals surface area contributed by atoms with E-state index < -0.39 is 15.8 Å². The van der Waals surface area contributed by atoms with Crippen molar-refractivity contribution in [1.29, 1.82) is 0 Å². The number of likely N-dealkylation sites (tertiary alicyclic amines) is 1. The van der Waals surface area contributed by atoms with Gasteiger partial charge < -0.3 is 25.2 Å². The van der Waals surface area contributed by atoms with Crippen LogP contribution >= 0.6 is 0 Å². The van der Waals surface area contributed by atoms with Crippen LogP contribution in [0.3, 0.4) is 0 Å². The lowest BCUT2D eigenvalue weighted by atomic mass is 9.72. The van der Waals surface area contributed by atoms with Gasteiger partial charge in [0, 0.05) is 55.9 Å². The third-order valence-electron chi connectivity index (χ3n) is 10.3. The molecule has 3 fully saturated rings. The number of aromatic nitrogens is 2. The number of hydrogen-bond donors (Lipinski definition) is 1. The quantitative estimate of drug-likeness (QED) is 0.284. The summed E-state index contributed by atoms with van der Waals surface area (Å²) in [5.41, 5.74) is 6.65. The summed E-state index contributed by atoms with van der Waals surface area (Å²) < 4.78 is 48.5. The average molecular weight is 694 g/mol. The van der Waals surface area contributed by atoms with E-state index in [0.29, 0.717) is 41.2 Å². The Balaban J connectivity index is 1.03. The zero-order valence-corrected chi connectivity index (χ0v) is 29.7. The van der Waals surface area contributed by atoms with Crippen LogP contribution in [0.15, 0.2) is 59.9 Å². The van der Waals surface area contributed by atoms with E-state index in [-0.39, 0.29) is 34.7 Å². The Kier molecular flexibility index (Phi) is 10.2. The Morgan fingerprint density at radius 3 is 2.29 bits per heavy atom. The van der Waals surface area contributed by atoms with Crippen LogP contribution in [0.1, 0.15) is 63.7 Å². The van der Waals surface area contributed by atoms with Crippen LogP contribution in [-0.2, 0) is 10.0 Å². The Labute approximate surface area is 289 Å². The number of rotatable bonds is 10. The van der Waals surface area contributed by atoms with Crippen LogP contribution in [-0.4, -0.2) is 96.3 Å². The highest BCUT2D eigenvalue weighted by Gasteiger charge is 2.46. The fraction of sp³-hybridized carbons (Fsp3) is 0.528. The summed E-state index contributed by atoms with van der Waals surface area (Å²) >= 11 is 0. The van der Waals surface area contributed by atoms with Crippen molar-refractivity contribution in [2.24, 2.45) is 11.3 Å². The lowest BCUT2D eigenvalue weighted by Crippen LogP contribution is -2.61. The van der Waals surface area contributed by atoms with Gasteiger partial charge in [-0.25, -0.2) is 22.8 Å². The SMILES string of the molecule is CC(C)N(C(=O)c1cc(F)ccc1Oc1cncnc1N1CC2(CCN(CC3CCN(S(=O)(=O)c4ccc(N)cc4)CC3)CC2)C1)C(C)C. The molecule has 3 aliphatic heterocycles. The minimum absolute atomic E-state index is 0.0688. The largest absolute Gasteiger partial charge is 0.451 e. The van der Waals surface area contributed by atoms with Crippen LogP contribution < -0.4 is 15.4 Å². The number of piperidine rings is 2. The molecule has 4 heterocycles. The number of halogens is 1. The Morgan fingerprint density at radius 1 is 1.00 bits per heavy atom. The van der Waals surface area contributed by atoms with Crippen LogP contribution in [0.2, 0.25) is 0 Å². The number of nitrogens with two attached hydrogens (primary N) is 1. The van der Waals surface area contributed by atoms with Crippen molar-refractivity contribution in [3.63, 3.8) is 0 Å². The molecule has 264 valence electrons. The maximum atomic E-state index is 14.4. The summed E-state index contributed by atoms with van der Waals surface area (Å²) in [6.45, 7) is 13.5. The smallest absolute Gasteiger partial charge is 0.258 e. The van der Waals surface area contributed by atoms with Gasteiger partial charge in [-0.1, -0.05) is 0 Å². The maximum absolute atomic E-state index is 14.4. The maximum Gasteiger partial charge on any atom is 0.258 e. The molecule has 0 radical (unpaired) electrons. The summed E-state index contributed by atoms with van der Waals surface area (Å²) in [6.07, 6.45) is 6.96.